The lowest BCUT2D eigenvalue weighted by atomic mass is 9.96. The van der Waals surface area contributed by atoms with Crippen molar-refractivity contribution < 1.29 is 14.3 Å². The van der Waals surface area contributed by atoms with Gasteiger partial charge in [-0.15, -0.1) is 0 Å². The van der Waals surface area contributed by atoms with E-state index in [1.807, 2.05) is 11.8 Å². The van der Waals surface area contributed by atoms with E-state index in [2.05, 4.69) is 19.2 Å². The zero-order valence-corrected chi connectivity index (χ0v) is 13.4. The van der Waals surface area contributed by atoms with Gasteiger partial charge in [0.05, 0.1) is 6.10 Å². The number of hydrogen-bond donors (Lipinski definition) is 1. The van der Waals surface area contributed by atoms with E-state index < -0.39 is 0 Å². The van der Waals surface area contributed by atoms with Gasteiger partial charge >= 0.3 is 0 Å². The van der Waals surface area contributed by atoms with E-state index in [1.165, 1.54) is 0 Å². The van der Waals surface area contributed by atoms with Crippen molar-refractivity contribution in [2.45, 2.75) is 58.6 Å². The van der Waals surface area contributed by atoms with Gasteiger partial charge in [0.2, 0.25) is 11.8 Å². The molecule has 0 aromatic rings. The van der Waals surface area contributed by atoms with Gasteiger partial charge in [0, 0.05) is 32.0 Å². The number of nitrogens with one attached hydrogen (secondary N) is 1. The van der Waals surface area contributed by atoms with E-state index in [0.29, 0.717) is 18.9 Å². The molecule has 4 unspecified atom stereocenters. The van der Waals surface area contributed by atoms with Gasteiger partial charge in [-0.25, -0.2) is 0 Å². The first-order valence-electron chi connectivity index (χ1n) is 8.26. The number of rotatable bonds is 5. The summed E-state index contributed by atoms with van der Waals surface area (Å²) in [5.74, 6) is 0.649. The van der Waals surface area contributed by atoms with Crippen LogP contribution in [0.5, 0.6) is 0 Å². The first-order valence-corrected chi connectivity index (χ1v) is 8.26. The lowest BCUT2D eigenvalue weighted by Crippen LogP contribution is -2.49. The fourth-order valence-electron chi connectivity index (χ4n) is 3.29. The van der Waals surface area contributed by atoms with Crippen molar-refractivity contribution >= 4 is 11.8 Å². The van der Waals surface area contributed by atoms with Crippen LogP contribution in [0.1, 0.15) is 46.5 Å². The second-order valence-corrected chi connectivity index (χ2v) is 6.33. The summed E-state index contributed by atoms with van der Waals surface area (Å²) in [7, 11) is 0. The quantitative estimate of drug-likeness (QED) is 0.837. The van der Waals surface area contributed by atoms with Crippen molar-refractivity contribution in [1.82, 2.24) is 10.2 Å². The summed E-state index contributed by atoms with van der Waals surface area (Å²) in [5, 5.41) is 2.90. The minimum absolute atomic E-state index is 0.00846. The summed E-state index contributed by atoms with van der Waals surface area (Å²) < 4.78 is 5.72. The highest BCUT2D eigenvalue weighted by atomic mass is 16.5. The molecule has 120 valence electrons. The maximum absolute atomic E-state index is 12.7. The van der Waals surface area contributed by atoms with Gasteiger partial charge in [-0.05, 0) is 18.8 Å². The highest BCUT2D eigenvalue weighted by molar-refractivity contribution is 5.90. The Hall–Kier alpha value is -1.10. The highest BCUT2D eigenvalue weighted by Gasteiger charge is 2.36. The Morgan fingerprint density at radius 2 is 2.14 bits per heavy atom. The monoisotopic (exact) mass is 296 g/mol. The molecule has 21 heavy (non-hydrogen) atoms. The largest absolute Gasteiger partial charge is 0.378 e. The van der Waals surface area contributed by atoms with Crippen LogP contribution in [0.4, 0.5) is 0 Å². The molecular weight excluding hydrogens is 268 g/mol. The molecular formula is C16H28N2O3. The van der Waals surface area contributed by atoms with Gasteiger partial charge in [-0.2, -0.15) is 0 Å². The average molecular weight is 296 g/mol. The van der Waals surface area contributed by atoms with Crippen molar-refractivity contribution in [2.24, 2.45) is 11.8 Å². The molecule has 0 spiro atoms. The van der Waals surface area contributed by atoms with Gasteiger partial charge in [0.25, 0.3) is 0 Å². The third-order valence-corrected chi connectivity index (χ3v) is 4.92. The number of ether oxygens (including phenoxy) is 1. The Morgan fingerprint density at radius 1 is 1.38 bits per heavy atom. The molecule has 2 saturated heterocycles. The van der Waals surface area contributed by atoms with E-state index in [0.717, 1.165) is 32.4 Å². The maximum atomic E-state index is 12.7. The van der Waals surface area contributed by atoms with Gasteiger partial charge in [0.15, 0.2) is 0 Å². The summed E-state index contributed by atoms with van der Waals surface area (Å²) in [6.45, 7) is 8.25. The molecule has 4 atom stereocenters. The van der Waals surface area contributed by atoms with E-state index in [4.69, 9.17) is 4.74 Å². The standard InChI is InChI=1S/C16H28N2O3/c1-4-11(3)15-16(20)18(8-6-14(19)17-15)10-12-7-9-21-13(12)5-2/h11-13,15H,4-10H2,1-3H3,(H,17,19). The molecule has 1 N–H and O–H groups in total. The van der Waals surface area contributed by atoms with E-state index in [-0.39, 0.29) is 29.9 Å². The molecule has 0 radical (unpaired) electrons. The van der Waals surface area contributed by atoms with Crippen molar-refractivity contribution in [1.29, 1.82) is 0 Å². The smallest absolute Gasteiger partial charge is 0.245 e. The molecule has 2 amide bonds. The van der Waals surface area contributed by atoms with Crippen molar-refractivity contribution in [3.8, 4) is 0 Å². The second-order valence-electron chi connectivity index (χ2n) is 6.33. The zero-order valence-electron chi connectivity index (χ0n) is 13.4. The Morgan fingerprint density at radius 3 is 2.81 bits per heavy atom. The van der Waals surface area contributed by atoms with Crippen molar-refractivity contribution in [2.75, 3.05) is 19.7 Å². The Bertz CT molecular complexity index is 386. The van der Waals surface area contributed by atoms with Gasteiger partial charge in [0.1, 0.15) is 6.04 Å². The Labute approximate surface area is 127 Å². The summed E-state index contributed by atoms with van der Waals surface area (Å²) in [6.07, 6.45) is 3.54. The number of hydrogen-bond acceptors (Lipinski definition) is 3. The average Bonchev–Trinajstić information content (AvgIpc) is 2.89. The van der Waals surface area contributed by atoms with Crippen LogP contribution in [0.3, 0.4) is 0 Å². The molecule has 2 aliphatic heterocycles. The molecule has 2 aliphatic rings. The first-order chi connectivity index (χ1) is 10.1. The van der Waals surface area contributed by atoms with Crippen LogP contribution in [-0.2, 0) is 14.3 Å². The first kappa shape index (κ1) is 16.3. The number of amides is 2. The minimum Gasteiger partial charge on any atom is -0.378 e. The molecule has 2 fully saturated rings. The minimum atomic E-state index is -0.368. The van der Waals surface area contributed by atoms with E-state index in [1.54, 1.807) is 0 Å². The number of carbonyl (C=O) groups is 2. The normalized spacial score (nSPS) is 32.0. The molecule has 0 aromatic heterocycles. The molecule has 2 heterocycles. The van der Waals surface area contributed by atoms with Crippen LogP contribution < -0.4 is 5.32 Å². The predicted octanol–water partition coefficient (Wildman–Crippen LogP) is 1.56. The Kier molecular flexibility index (Phi) is 5.62. The lowest BCUT2D eigenvalue weighted by Gasteiger charge is -2.30. The zero-order chi connectivity index (χ0) is 15.4. The van der Waals surface area contributed by atoms with Crippen LogP contribution in [0.15, 0.2) is 0 Å². The summed E-state index contributed by atoms with van der Waals surface area (Å²) in [6, 6.07) is -0.368. The Balaban J connectivity index is 2.06. The summed E-state index contributed by atoms with van der Waals surface area (Å²) in [5.41, 5.74) is 0. The van der Waals surface area contributed by atoms with Crippen LogP contribution in [0, 0.1) is 11.8 Å². The molecule has 2 rings (SSSR count). The molecule has 0 aromatic carbocycles. The molecule has 0 saturated carbocycles. The molecule has 5 heteroatoms. The highest BCUT2D eigenvalue weighted by Crippen LogP contribution is 2.25. The van der Waals surface area contributed by atoms with Gasteiger partial charge in [-0.3, -0.25) is 9.59 Å². The number of nitrogens with zero attached hydrogens (tertiary/aromatic N) is 1. The van der Waals surface area contributed by atoms with Crippen LogP contribution in [0.2, 0.25) is 0 Å². The third-order valence-electron chi connectivity index (χ3n) is 4.92. The van der Waals surface area contributed by atoms with Crippen molar-refractivity contribution in [3.63, 3.8) is 0 Å². The molecule has 0 bridgehead atoms. The van der Waals surface area contributed by atoms with Crippen LogP contribution >= 0.6 is 0 Å². The topological polar surface area (TPSA) is 58.6 Å². The van der Waals surface area contributed by atoms with Gasteiger partial charge < -0.3 is 15.0 Å². The van der Waals surface area contributed by atoms with Crippen LogP contribution in [0.25, 0.3) is 0 Å². The fraction of sp³-hybridized carbons (Fsp3) is 0.875. The lowest BCUT2D eigenvalue weighted by molar-refractivity contribution is -0.135. The van der Waals surface area contributed by atoms with Crippen LogP contribution in [-0.4, -0.2) is 48.6 Å². The summed E-state index contributed by atoms with van der Waals surface area (Å²) >= 11 is 0. The molecule has 0 aliphatic carbocycles. The maximum Gasteiger partial charge on any atom is 0.245 e. The van der Waals surface area contributed by atoms with Gasteiger partial charge in [-0.1, -0.05) is 27.2 Å². The second kappa shape index (κ2) is 7.25. The van der Waals surface area contributed by atoms with E-state index >= 15 is 0 Å². The number of carbonyl (C=O) groups excluding carboxylic acids is 2. The van der Waals surface area contributed by atoms with E-state index in [9.17, 15) is 9.59 Å². The molecule has 5 nitrogen and oxygen atoms in total. The fourth-order valence-corrected chi connectivity index (χ4v) is 3.29. The third kappa shape index (κ3) is 3.76. The predicted molar refractivity (Wildman–Crippen MR) is 80.7 cm³/mol. The van der Waals surface area contributed by atoms with Crippen molar-refractivity contribution in [3.05, 3.63) is 0 Å². The SMILES string of the molecule is CCC(C)C1NC(=O)CCN(CC2CCOC2CC)C1=O. The summed E-state index contributed by atoms with van der Waals surface area (Å²) in [4.78, 5) is 26.5.